The third kappa shape index (κ3) is 4.53. The Morgan fingerprint density at radius 3 is 2.71 bits per heavy atom. The molecule has 0 aliphatic rings. The van der Waals surface area contributed by atoms with Crippen molar-refractivity contribution in [3.8, 4) is 11.8 Å². The predicted molar refractivity (Wildman–Crippen MR) is 61.3 cm³/mol. The second kappa shape index (κ2) is 6.51. The molecule has 1 amide bonds. The molecule has 17 heavy (non-hydrogen) atoms. The van der Waals surface area contributed by atoms with Gasteiger partial charge in [0.15, 0.2) is 6.61 Å². The van der Waals surface area contributed by atoms with E-state index in [9.17, 15) is 4.79 Å². The number of ether oxygens (including phenoxy) is 1. The second-order valence-corrected chi connectivity index (χ2v) is 3.58. The van der Waals surface area contributed by atoms with Gasteiger partial charge < -0.3 is 15.2 Å². The second-order valence-electron chi connectivity index (χ2n) is 3.58. The van der Waals surface area contributed by atoms with Gasteiger partial charge in [-0.2, -0.15) is 5.26 Å². The quantitative estimate of drug-likeness (QED) is 0.774. The van der Waals surface area contributed by atoms with Gasteiger partial charge in [0.05, 0.1) is 18.2 Å². The van der Waals surface area contributed by atoms with Gasteiger partial charge in [0.25, 0.3) is 5.91 Å². The Kier molecular flexibility index (Phi) is 4.98. The van der Waals surface area contributed by atoms with E-state index in [4.69, 9.17) is 15.1 Å². The molecule has 0 aliphatic carbocycles. The Hall–Kier alpha value is -2.06. The van der Waals surface area contributed by atoms with E-state index >= 15 is 0 Å². The molecule has 1 atom stereocenters. The van der Waals surface area contributed by atoms with Crippen LogP contribution < -0.4 is 10.1 Å². The van der Waals surface area contributed by atoms with Gasteiger partial charge in [-0.25, -0.2) is 0 Å². The molecule has 0 spiro atoms. The van der Waals surface area contributed by atoms with Crippen LogP contribution in [0.25, 0.3) is 0 Å². The van der Waals surface area contributed by atoms with Crippen LogP contribution >= 0.6 is 0 Å². The highest BCUT2D eigenvalue weighted by atomic mass is 16.5. The Balaban J connectivity index is 2.40. The van der Waals surface area contributed by atoms with Gasteiger partial charge in [-0.1, -0.05) is 0 Å². The van der Waals surface area contributed by atoms with Crippen LogP contribution in [0.15, 0.2) is 24.3 Å². The number of benzene rings is 1. The minimum absolute atomic E-state index is 0.109. The lowest BCUT2D eigenvalue weighted by molar-refractivity contribution is -0.123. The summed E-state index contributed by atoms with van der Waals surface area (Å²) < 4.78 is 5.21. The van der Waals surface area contributed by atoms with Gasteiger partial charge >= 0.3 is 0 Å². The average Bonchev–Trinajstić information content (AvgIpc) is 2.36. The standard InChI is InChI=1S/C12H14N2O3/c1-9(7-15)14-12(16)8-17-11-4-2-10(6-13)3-5-11/h2-5,9,15H,7-8H2,1H3,(H,14,16)/t9-/m1/s1. The number of aliphatic hydroxyl groups is 1. The molecule has 0 radical (unpaired) electrons. The lowest BCUT2D eigenvalue weighted by atomic mass is 10.2. The number of rotatable bonds is 5. The molecule has 0 saturated carbocycles. The molecule has 0 bridgehead atoms. The maximum absolute atomic E-state index is 11.3. The summed E-state index contributed by atoms with van der Waals surface area (Å²) >= 11 is 0. The molecule has 0 saturated heterocycles. The van der Waals surface area contributed by atoms with E-state index < -0.39 is 0 Å². The van der Waals surface area contributed by atoms with E-state index in [0.29, 0.717) is 11.3 Å². The monoisotopic (exact) mass is 234 g/mol. The van der Waals surface area contributed by atoms with E-state index in [1.54, 1.807) is 31.2 Å². The number of amides is 1. The van der Waals surface area contributed by atoms with Crippen LogP contribution in [0, 0.1) is 11.3 Å². The van der Waals surface area contributed by atoms with Crippen LogP contribution in [0.2, 0.25) is 0 Å². The van der Waals surface area contributed by atoms with Crippen LogP contribution in [0.4, 0.5) is 0 Å². The van der Waals surface area contributed by atoms with Crippen molar-refractivity contribution < 1.29 is 14.6 Å². The summed E-state index contributed by atoms with van der Waals surface area (Å²) in [6, 6.07) is 8.19. The topological polar surface area (TPSA) is 82.3 Å². The van der Waals surface area contributed by atoms with E-state index in [0.717, 1.165) is 0 Å². The van der Waals surface area contributed by atoms with Crippen LogP contribution in [0.3, 0.4) is 0 Å². The molecular formula is C12H14N2O3. The van der Waals surface area contributed by atoms with E-state index in [-0.39, 0.29) is 25.2 Å². The van der Waals surface area contributed by atoms with Crippen molar-refractivity contribution in [1.29, 1.82) is 5.26 Å². The van der Waals surface area contributed by atoms with Gasteiger partial charge in [-0.3, -0.25) is 4.79 Å². The van der Waals surface area contributed by atoms with Gasteiger partial charge in [0.2, 0.25) is 0 Å². The van der Waals surface area contributed by atoms with Crippen molar-refractivity contribution in [2.24, 2.45) is 0 Å². The van der Waals surface area contributed by atoms with E-state index in [1.165, 1.54) is 0 Å². The van der Waals surface area contributed by atoms with Crippen molar-refractivity contribution >= 4 is 5.91 Å². The van der Waals surface area contributed by atoms with E-state index in [2.05, 4.69) is 5.32 Å². The van der Waals surface area contributed by atoms with Crippen LogP contribution in [-0.2, 0) is 4.79 Å². The Bertz CT molecular complexity index is 409. The van der Waals surface area contributed by atoms with Crippen LogP contribution in [0.1, 0.15) is 12.5 Å². The zero-order valence-corrected chi connectivity index (χ0v) is 9.51. The van der Waals surface area contributed by atoms with Gasteiger partial charge in [-0.05, 0) is 31.2 Å². The fraction of sp³-hybridized carbons (Fsp3) is 0.333. The molecule has 5 nitrogen and oxygen atoms in total. The lowest BCUT2D eigenvalue weighted by Gasteiger charge is -2.11. The summed E-state index contributed by atoms with van der Waals surface area (Å²) in [7, 11) is 0. The predicted octanol–water partition coefficient (Wildman–Crippen LogP) is 0.434. The minimum atomic E-state index is -0.295. The molecule has 0 heterocycles. The lowest BCUT2D eigenvalue weighted by Crippen LogP contribution is -2.38. The largest absolute Gasteiger partial charge is 0.484 e. The molecule has 0 fully saturated rings. The average molecular weight is 234 g/mol. The number of hydrogen-bond acceptors (Lipinski definition) is 4. The highest BCUT2D eigenvalue weighted by Gasteiger charge is 2.06. The first-order valence-electron chi connectivity index (χ1n) is 5.19. The zero-order valence-electron chi connectivity index (χ0n) is 9.51. The molecule has 1 aromatic carbocycles. The molecule has 5 heteroatoms. The van der Waals surface area contributed by atoms with Crippen molar-refractivity contribution in [3.05, 3.63) is 29.8 Å². The van der Waals surface area contributed by atoms with Crippen molar-refractivity contribution in [1.82, 2.24) is 5.32 Å². The summed E-state index contributed by atoms with van der Waals surface area (Å²) in [5.41, 5.74) is 0.538. The molecule has 0 unspecified atom stereocenters. The van der Waals surface area contributed by atoms with Gasteiger partial charge in [-0.15, -0.1) is 0 Å². The number of carbonyl (C=O) groups excluding carboxylic acids is 1. The third-order valence-corrected chi connectivity index (χ3v) is 2.03. The summed E-state index contributed by atoms with van der Waals surface area (Å²) in [6.07, 6.45) is 0. The molecule has 1 aromatic rings. The fourth-order valence-corrected chi connectivity index (χ4v) is 1.14. The molecule has 2 N–H and O–H groups in total. The first-order valence-corrected chi connectivity index (χ1v) is 5.19. The van der Waals surface area contributed by atoms with Crippen molar-refractivity contribution in [2.75, 3.05) is 13.2 Å². The molecule has 90 valence electrons. The molecule has 0 aromatic heterocycles. The minimum Gasteiger partial charge on any atom is -0.484 e. The van der Waals surface area contributed by atoms with Crippen molar-refractivity contribution in [2.45, 2.75) is 13.0 Å². The first kappa shape index (κ1) is 13.0. The molecule has 1 rings (SSSR count). The number of nitrogens with one attached hydrogen (secondary N) is 1. The summed E-state index contributed by atoms with van der Waals surface area (Å²) in [4.78, 5) is 11.3. The van der Waals surface area contributed by atoms with Crippen LogP contribution in [-0.4, -0.2) is 30.3 Å². The zero-order chi connectivity index (χ0) is 12.7. The Morgan fingerprint density at radius 2 is 2.18 bits per heavy atom. The summed E-state index contributed by atoms with van der Waals surface area (Å²) in [5, 5.41) is 19.9. The maximum atomic E-state index is 11.3. The third-order valence-electron chi connectivity index (χ3n) is 2.03. The van der Waals surface area contributed by atoms with E-state index in [1.807, 2.05) is 6.07 Å². The SMILES string of the molecule is C[C@H](CO)NC(=O)COc1ccc(C#N)cc1. The molecule has 0 aliphatic heterocycles. The van der Waals surface area contributed by atoms with Gasteiger partial charge in [0, 0.05) is 6.04 Å². The number of hydrogen-bond donors (Lipinski definition) is 2. The van der Waals surface area contributed by atoms with Crippen molar-refractivity contribution in [3.63, 3.8) is 0 Å². The van der Waals surface area contributed by atoms with Crippen LogP contribution in [0.5, 0.6) is 5.75 Å². The summed E-state index contributed by atoms with van der Waals surface area (Å²) in [5.74, 6) is 0.228. The van der Waals surface area contributed by atoms with Gasteiger partial charge in [0.1, 0.15) is 5.75 Å². The normalized spacial score (nSPS) is 11.4. The number of nitriles is 1. The number of nitrogens with zero attached hydrogens (tertiary/aromatic N) is 1. The molecular weight excluding hydrogens is 220 g/mol. The number of aliphatic hydroxyl groups excluding tert-OH is 1. The summed E-state index contributed by atoms with van der Waals surface area (Å²) in [6.45, 7) is 1.47. The maximum Gasteiger partial charge on any atom is 0.258 e. The highest BCUT2D eigenvalue weighted by molar-refractivity contribution is 5.77. The Morgan fingerprint density at radius 1 is 1.53 bits per heavy atom. The highest BCUT2D eigenvalue weighted by Crippen LogP contribution is 2.11. The fourth-order valence-electron chi connectivity index (χ4n) is 1.14. The first-order chi connectivity index (χ1) is 8.15. The Labute approximate surface area is 99.6 Å². The smallest absolute Gasteiger partial charge is 0.258 e. The number of carbonyl (C=O) groups is 1.